The van der Waals surface area contributed by atoms with E-state index in [0.29, 0.717) is 5.92 Å². The zero-order valence-corrected chi connectivity index (χ0v) is 7.98. The van der Waals surface area contributed by atoms with Crippen molar-refractivity contribution in [2.45, 2.75) is 6.42 Å². The summed E-state index contributed by atoms with van der Waals surface area (Å²) in [7, 11) is 0. The molecule has 0 radical (unpaired) electrons. The Hall–Kier alpha value is -1.74. The van der Waals surface area contributed by atoms with Gasteiger partial charge in [0.2, 0.25) is 0 Å². The van der Waals surface area contributed by atoms with E-state index in [4.69, 9.17) is 0 Å². The van der Waals surface area contributed by atoms with E-state index >= 15 is 0 Å². The van der Waals surface area contributed by atoms with Crippen LogP contribution in [-0.4, -0.2) is 0 Å². The molecule has 0 spiro atoms. The molecule has 0 nitrogen and oxygen atoms in total. The molecule has 0 fully saturated rings. The summed E-state index contributed by atoms with van der Waals surface area (Å²) in [5.41, 5.74) is 1.10. The molecule has 68 valence electrons. The fourth-order valence-electron chi connectivity index (χ4n) is 1.41. The van der Waals surface area contributed by atoms with Crippen LogP contribution in [0.1, 0.15) is 12.0 Å². The van der Waals surface area contributed by atoms with Gasteiger partial charge < -0.3 is 0 Å². The Balaban J connectivity index is 1.94. The van der Waals surface area contributed by atoms with Crippen molar-refractivity contribution in [3.05, 3.63) is 60.2 Å². The van der Waals surface area contributed by atoms with E-state index in [0.717, 1.165) is 12.0 Å². The van der Waals surface area contributed by atoms with Gasteiger partial charge in [0.25, 0.3) is 0 Å². The van der Waals surface area contributed by atoms with Gasteiger partial charge in [-0.1, -0.05) is 54.3 Å². The summed E-state index contributed by atoms with van der Waals surface area (Å²) in [5.74, 6) is 6.86. The van der Waals surface area contributed by atoms with Gasteiger partial charge in [0, 0.05) is 17.9 Å². The van der Waals surface area contributed by atoms with Crippen molar-refractivity contribution in [2.75, 3.05) is 0 Å². The maximum Gasteiger partial charge on any atom is 0.0245 e. The minimum absolute atomic E-state index is 0.520. The first-order valence-electron chi connectivity index (χ1n) is 4.84. The van der Waals surface area contributed by atoms with Gasteiger partial charge in [-0.25, -0.2) is 0 Å². The molecule has 0 heterocycles. The average molecular weight is 180 g/mol. The van der Waals surface area contributed by atoms with E-state index in [1.54, 1.807) is 0 Å². The predicted octanol–water partition coefficient (Wildman–Crippen LogP) is 3.17. The third kappa shape index (κ3) is 2.37. The third-order valence-corrected chi connectivity index (χ3v) is 2.17. The molecule has 0 atom stereocenters. The lowest BCUT2D eigenvalue weighted by atomic mass is 10.1. The maximum atomic E-state index is 3.19. The van der Waals surface area contributed by atoms with E-state index in [1.165, 1.54) is 0 Å². The summed E-state index contributed by atoms with van der Waals surface area (Å²) in [4.78, 5) is 0. The molecule has 0 saturated heterocycles. The number of benzene rings is 1. The second-order valence-electron chi connectivity index (χ2n) is 3.31. The third-order valence-electron chi connectivity index (χ3n) is 2.17. The van der Waals surface area contributed by atoms with Crippen LogP contribution in [-0.2, 0) is 0 Å². The Morgan fingerprint density at radius 3 is 2.43 bits per heavy atom. The SMILES string of the molecule is C(#Cc1ccccc1)CC1C=CC=C1. The van der Waals surface area contributed by atoms with Crippen molar-refractivity contribution in [3.63, 3.8) is 0 Å². The molecular formula is C14H12. The van der Waals surface area contributed by atoms with Crippen molar-refractivity contribution in [3.8, 4) is 11.8 Å². The molecule has 0 saturated carbocycles. The van der Waals surface area contributed by atoms with Crippen LogP contribution in [0.25, 0.3) is 0 Å². The first kappa shape index (κ1) is 8.84. The van der Waals surface area contributed by atoms with Gasteiger partial charge >= 0.3 is 0 Å². The van der Waals surface area contributed by atoms with E-state index in [2.05, 4.69) is 36.1 Å². The van der Waals surface area contributed by atoms with E-state index in [-0.39, 0.29) is 0 Å². The molecule has 0 heteroatoms. The first-order valence-corrected chi connectivity index (χ1v) is 4.84. The minimum atomic E-state index is 0.520. The molecule has 14 heavy (non-hydrogen) atoms. The highest BCUT2D eigenvalue weighted by atomic mass is 14.0. The standard InChI is InChI=1S/C14H12/c1-2-7-13(8-3-1)11-6-12-14-9-4-5-10-14/h1-5,7-10,14H,12H2. The molecule has 1 aromatic carbocycles. The Kier molecular flexibility index (Phi) is 2.83. The van der Waals surface area contributed by atoms with Crippen molar-refractivity contribution in [2.24, 2.45) is 5.92 Å². The predicted molar refractivity (Wildman–Crippen MR) is 59.7 cm³/mol. The summed E-state index contributed by atoms with van der Waals surface area (Å²) in [6.07, 6.45) is 9.44. The van der Waals surface area contributed by atoms with Crippen LogP contribution in [0.3, 0.4) is 0 Å². The normalized spacial score (nSPS) is 14.0. The fourth-order valence-corrected chi connectivity index (χ4v) is 1.41. The number of rotatable bonds is 1. The van der Waals surface area contributed by atoms with Crippen LogP contribution in [0.2, 0.25) is 0 Å². The molecule has 0 bridgehead atoms. The molecule has 0 aromatic heterocycles. The van der Waals surface area contributed by atoms with Crippen LogP contribution in [0.5, 0.6) is 0 Å². The fraction of sp³-hybridized carbons (Fsp3) is 0.143. The Bertz CT molecular complexity index is 387. The summed E-state index contributed by atoms with van der Waals surface area (Å²) >= 11 is 0. The topological polar surface area (TPSA) is 0 Å². The van der Waals surface area contributed by atoms with Crippen molar-refractivity contribution < 1.29 is 0 Å². The Morgan fingerprint density at radius 1 is 1.00 bits per heavy atom. The molecule has 1 aromatic rings. The van der Waals surface area contributed by atoms with Crippen molar-refractivity contribution in [1.29, 1.82) is 0 Å². The minimum Gasteiger partial charge on any atom is -0.0970 e. The Morgan fingerprint density at radius 2 is 1.71 bits per heavy atom. The monoisotopic (exact) mass is 180 g/mol. The highest BCUT2D eigenvalue weighted by molar-refractivity contribution is 5.34. The van der Waals surface area contributed by atoms with Crippen LogP contribution >= 0.6 is 0 Å². The average Bonchev–Trinajstić information content (AvgIpc) is 2.72. The zero-order valence-electron chi connectivity index (χ0n) is 7.98. The van der Waals surface area contributed by atoms with Crippen LogP contribution in [0.4, 0.5) is 0 Å². The quantitative estimate of drug-likeness (QED) is 0.582. The van der Waals surface area contributed by atoms with Gasteiger partial charge in [0.15, 0.2) is 0 Å². The molecular weight excluding hydrogens is 168 g/mol. The second kappa shape index (κ2) is 4.48. The van der Waals surface area contributed by atoms with Crippen LogP contribution < -0.4 is 0 Å². The summed E-state index contributed by atoms with van der Waals surface area (Å²) in [6.45, 7) is 0. The lowest BCUT2D eigenvalue weighted by molar-refractivity contribution is 0.865. The summed E-state index contributed by atoms with van der Waals surface area (Å²) < 4.78 is 0. The zero-order chi connectivity index (χ0) is 9.64. The van der Waals surface area contributed by atoms with Gasteiger partial charge in [-0.2, -0.15) is 0 Å². The highest BCUT2D eigenvalue weighted by Crippen LogP contribution is 2.11. The number of allylic oxidation sites excluding steroid dienone is 4. The van der Waals surface area contributed by atoms with Gasteiger partial charge in [-0.3, -0.25) is 0 Å². The molecule has 1 aliphatic rings. The van der Waals surface area contributed by atoms with Crippen LogP contribution in [0.15, 0.2) is 54.6 Å². The first-order chi connectivity index (χ1) is 6.95. The van der Waals surface area contributed by atoms with Gasteiger partial charge in [-0.15, -0.1) is 0 Å². The van der Waals surface area contributed by atoms with Gasteiger partial charge in [0.05, 0.1) is 0 Å². The number of hydrogen-bond acceptors (Lipinski definition) is 0. The molecule has 1 aliphatic carbocycles. The van der Waals surface area contributed by atoms with E-state index in [1.807, 2.05) is 30.3 Å². The molecule has 0 amide bonds. The van der Waals surface area contributed by atoms with Crippen LogP contribution in [0, 0.1) is 17.8 Å². The summed E-state index contributed by atoms with van der Waals surface area (Å²) in [5, 5.41) is 0. The van der Waals surface area contributed by atoms with E-state index in [9.17, 15) is 0 Å². The van der Waals surface area contributed by atoms with Gasteiger partial charge in [0.1, 0.15) is 0 Å². The highest BCUT2D eigenvalue weighted by Gasteiger charge is 1.99. The summed E-state index contributed by atoms with van der Waals surface area (Å²) in [6, 6.07) is 10.1. The Labute approximate surface area is 85.0 Å². The lowest BCUT2D eigenvalue weighted by Gasteiger charge is -1.95. The van der Waals surface area contributed by atoms with Crippen molar-refractivity contribution >= 4 is 0 Å². The molecule has 2 rings (SSSR count). The number of hydrogen-bond donors (Lipinski definition) is 0. The van der Waals surface area contributed by atoms with E-state index < -0.39 is 0 Å². The largest absolute Gasteiger partial charge is 0.0970 e. The lowest BCUT2D eigenvalue weighted by Crippen LogP contribution is -1.85. The second-order valence-corrected chi connectivity index (χ2v) is 3.31. The smallest absolute Gasteiger partial charge is 0.0245 e. The maximum absolute atomic E-state index is 3.19. The van der Waals surface area contributed by atoms with Gasteiger partial charge in [-0.05, 0) is 12.1 Å². The molecule has 0 aliphatic heterocycles. The molecule has 0 unspecified atom stereocenters. The van der Waals surface area contributed by atoms with Crippen molar-refractivity contribution in [1.82, 2.24) is 0 Å². The molecule has 0 N–H and O–H groups in total.